The van der Waals surface area contributed by atoms with Gasteiger partial charge in [-0.05, 0) is 55.3 Å². The standard InChI is InChI=1S/C20H17Cl2NO2S2/c1-3-12(2)25-15-7-4-13(5-8-15)10-18-19(24)23(20(26)27-18)17-9-6-14(21)11-16(17)22/h4-12H,3H2,1-2H3/b18-10+/t12-/m1/s1. The topological polar surface area (TPSA) is 29.5 Å². The minimum absolute atomic E-state index is 0.163. The van der Waals surface area contributed by atoms with Gasteiger partial charge in [0, 0.05) is 5.02 Å². The largest absolute Gasteiger partial charge is 0.491 e. The van der Waals surface area contributed by atoms with Crippen molar-refractivity contribution in [2.24, 2.45) is 0 Å². The second-order valence-electron chi connectivity index (χ2n) is 6.02. The predicted octanol–water partition coefficient (Wildman–Crippen LogP) is 6.58. The van der Waals surface area contributed by atoms with Crippen molar-refractivity contribution in [1.82, 2.24) is 0 Å². The Balaban J connectivity index is 1.82. The molecule has 27 heavy (non-hydrogen) atoms. The van der Waals surface area contributed by atoms with Gasteiger partial charge < -0.3 is 4.74 Å². The zero-order valence-electron chi connectivity index (χ0n) is 14.7. The fraction of sp³-hybridized carbons (Fsp3) is 0.200. The number of hydrogen-bond acceptors (Lipinski definition) is 4. The average Bonchev–Trinajstić information content (AvgIpc) is 2.90. The number of thiocarbonyl (C=S) groups is 1. The van der Waals surface area contributed by atoms with Crippen LogP contribution in [0.25, 0.3) is 6.08 Å². The lowest BCUT2D eigenvalue weighted by Crippen LogP contribution is -2.27. The van der Waals surface area contributed by atoms with E-state index in [1.165, 1.54) is 16.7 Å². The van der Waals surface area contributed by atoms with Gasteiger partial charge >= 0.3 is 0 Å². The first-order valence-corrected chi connectivity index (χ1v) is 10.4. The van der Waals surface area contributed by atoms with E-state index in [0.717, 1.165) is 17.7 Å². The molecule has 140 valence electrons. The predicted molar refractivity (Wildman–Crippen MR) is 119 cm³/mol. The molecule has 1 heterocycles. The Morgan fingerprint density at radius 1 is 1.22 bits per heavy atom. The fourth-order valence-electron chi connectivity index (χ4n) is 2.45. The minimum Gasteiger partial charge on any atom is -0.491 e. The molecule has 1 aliphatic heterocycles. The third kappa shape index (κ3) is 4.66. The van der Waals surface area contributed by atoms with E-state index in [-0.39, 0.29) is 12.0 Å². The van der Waals surface area contributed by atoms with Crippen LogP contribution in [0.4, 0.5) is 5.69 Å². The molecule has 0 radical (unpaired) electrons. The number of carbonyl (C=O) groups excluding carboxylic acids is 1. The fourth-order valence-corrected chi connectivity index (χ4v) is 4.23. The monoisotopic (exact) mass is 437 g/mol. The third-order valence-electron chi connectivity index (χ3n) is 4.03. The van der Waals surface area contributed by atoms with E-state index in [1.54, 1.807) is 18.2 Å². The van der Waals surface area contributed by atoms with Crippen molar-refractivity contribution in [3.8, 4) is 5.75 Å². The molecule has 0 aliphatic carbocycles. The number of carbonyl (C=O) groups is 1. The summed E-state index contributed by atoms with van der Waals surface area (Å²) in [5, 5.41) is 0.885. The highest BCUT2D eigenvalue weighted by molar-refractivity contribution is 8.27. The van der Waals surface area contributed by atoms with Gasteiger partial charge in [0.25, 0.3) is 5.91 Å². The number of ether oxygens (including phenoxy) is 1. The van der Waals surface area contributed by atoms with Gasteiger partial charge in [0.2, 0.25) is 0 Å². The third-order valence-corrected chi connectivity index (χ3v) is 5.87. The molecule has 3 rings (SSSR count). The van der Waals surface area contributed by atoms with Crippen LogP contribution in [0.5, 0.6) is 5.75 Å². The first kappa shape index (κ1) is 20.2. The lowest BCUT2D eigenvalue weighted by molar-refractivity contribution is -0.113. The number of benzene rings is 2. The molecule has 1 atom stereocenters. The van der Waals surface area contributed by atoms with E-state index in [9.17, 15) is 4.79 Å². The Labute approximate surface area is 178 Å². The van der Waals surface area contributed by atoms with Crippen molar-refractivity contribution in [2.75, 3.05) is 4.90 Å². The van der Waals surface area contributed by atoms with Crippen LogP contribution >= 0.6 is 47.2 Å². The van der Waals surface area contributed by atoms with Crippen molar-refractivity contribution in [3.63, 3.8) is 0 Å². The summed E-state index contributed by atoms with van der Waals surface area (Å²) in [6.07, 6.45) is 2.92. The molecule has 2 aromatic rings. The van der Waals surface area contributed by atoms with E-state index in [1.807, 2.05) is 37.3 Å². The van der Waals surface area contributed by atoms with Crippen LogP contribution in [-0.4, -0.2) is 16.3 Å². The highest BCUT2D eigenvalue weighted by Crippen LogP contribution is 2.39. The molecular weight excluding hydrogens is 421 g/mol. The molecule has 3 nitrogen and oxygen atoms in total. The van der Waals surface area contributed by atoms with Crippen molar-refractivity contribution < 1.29 is 9.53 Å². The highest BCUT2D eigenvalue weighted by Gasteiger charge is 2.34. The van der Waals surface area contributed by atoms with Crippen LogP contribution < -0.4 is 9.64 Å². The molecule has 0 saturated carbocycles. The summed E-state index contributed by atoms with van der Waals surface area (Å²) in [5.41, 5.74) is 1.43. The molecule has 1 saturated heterocycles. The van der Waals surface area contributed by atoms with Crippen LogP contribution in [-0.2, 0) is 4.79 Å². The molecule has 0 N–H and O–H groups in total. The Kier molecular flexibility index (Phi) is 6.48. The Bertz CT molecular complexity index is 913. The van der Waals surface area contributed by atoms with E-state index in [4.69, 9.17) is 40.2 Å². The van der Waals surface area contributed by atoms with Crippen LogP contribution in [0.2, 0.25) is 10.0 Å². The van der Waals surface area contributed by atoms with Gasteiger partial charge in [-0.1, -0.05) is 66.2 Å². The maximum absolute atomic E-state index is 12.8. The first-order chi connectivity index (χ1) is 12.9. The van der Waals surface area contributed by atoms with Gasteiger partial charge in [-0.3, -0.25) is 9.69 Å². The van der Waals surface area contributed by atoms with Gasteiger partial charge in [0.15, 0.2) is 4.32 Å². The minimum atomic E-state index is -0.200. The summed E-state index contributed by atoms with van der Waals surface area (Å²) < 4.78 is 6.21. The number of rotatable bonds is 5. The normalized spacial score (nSPS) is 16.9. The van der Waals surface area contributed by atoms with Gasteiger partial charge in [-0.15, -0.1) is 0 Å². The molecule has 0 bridgehead atoms. The summed E-state index contributed by atoms with van der Waals surface area (Å²) in [5.74, 6) is 0.608. The number of thioether (sulfide) groups is 1. The summed E-state index contributed by atoms with van der Waals surface area (Å²) in [6, 6.07) is 12.6. The summed E-state index contributed by atoms with van der Waals surface area (Å²) in [6.45, 7) is 4.11. The summed E-state index contributed by atoms with van der Waals surface area (Å²) in [4.78, 5) is 14.8. The molecule has 7 heteroatoms. The van der Waals surface area contributed by atoms with E-state index >= 15 is 0 Å². The zero-order valence-corrected chi connectivity index (χ0v) is 17.9. The molecule has 0 aromatic heterocycles. The maximum Gasteiger partial charge on any atom is 0.270 e. The average molecular weight is 438 g/mol. The molecule has 0 unspecified atom stereocenters. The van der Waals surface area contributed by atoms with Gasteiger partial charge in [-0.2, -0.15) is 0 Å². The van der Waals surface area contributed by atoms with E-state index in [0.29, 0.717) is 25.0 Å². The smallest absolute Gasteiger partial charge is 0.270 e. The van der Waals surface area contributed by atoms with Crippen LogP contribution in [0, 0.1) is 0 Å². The number of nitrogens with zero attached hydrogens (tertiary/aromatic N) is 1. The maximum atomic E-state index is 12.8. The second kappa shape index (κ2) is 8.65. The van der Waals surface area contributed by atoms with Crippen molar-refractivity contribution >= 4 is 69.2 Å². The number of hydrogen-bond donors (Lipinski definition) is 0. The Morgan fingerprint density at radius 3 is 2.56 bits per heavy atom. The molecule has 0 spiro atoms. The second-order valence-corrected chi connectivity index (χ2v) is 8.54. The van der Waals surface area contributed by atoms with Gasteiger partial charge in [0.1, 0.15) is 5.75 Å². The zero-order chi connectivity index (χ0) is 19.6. The van der Waals surface area contributed by atoms with Crippen LogP contribution in [0.3, 0.4) is 0 Å². The highest BCUT2D eigenvalue weighted by atomic mass is 35.5. The lowest BCUT2D eigenvalue weighted by atomic mass is 10.2. The SMILES string of the molecule is CC[C@@H](C)Oc1ccc(/C=C2/SC(=S)N(c3ccc(Cl)cc3Cl)C2=O)cc1. The molecular formula is C20H17Cl2NO2S2. The summed E-state index contributed by atoms with van der Waals surface area (Å²) >= 11 is 18.8. The van der Waals surface area contributed by atoms with E-state index in [2.05, 4.69) is 6.92 Å². The van der Waals surface area contributed by atoms with Gasteiger partial charge in [-0.25, -0.2) is 0 Å². The number of amides is 1. The lowest BCUT2D eigenvalue weighted by Gasteiger charge is -2.16. The number of halogens is 2. The molecule has 1 fully saturated rings. The van der Waals surface area contributed by atoms with Gasteiger partial charge in [0.05, 0.1) is 21.7 Å². The first-order valence-electron chi connectivity index (χ1n) is 8.38. The Hall–Kier alpha value is -1.53. The van der Waals surface area contributed by atoms with Crippen LogP contribution in [0.1, 0.15) is 25.8 Å². The van der Waals surface area contributed by atoms with Crippen LogP contribution in [0.15, 0.2) is 47.4 Å². The van der Waals surface area contributed by atoms with E-state index < -0.39 is 0 Å². The molecule has 1 aliphatic rings. The summed E-state index contributed by atoms with van der Waals surface area (Å²) in [7, 11) is 0. The quantitative estimate of drug-likeness (QED) is 0.390. The molecule has 2 aromatic carbocycles. The molecule has 1 amide bonds. The Morgan fingerprint density at radius 2 is 1.93 bits per heavy atom. The number of anilines is 1. The van der Waals surface area contributed by atoms with Crippen molar-refractivity contribution in [3.05, 3.63) is 63.0 Å². The van der Waals surface area contributed by atoms with Crippen molar-refractivity contribution in [1.29, 1.82) is 0 Å². The van der Waals surface area contributed by atoms with Crippen molar-refractivity contribution in [2.45, 2.75) is 26.4 Å².